The molecule has 3 rings (SSSR count). The van der Waals surface area contributed by atoms with Crippen molar-refractivity contribution in [1.29, 1.82) is 0 Å². The molecule has 0 radical (unpaired) electrons. The largest absolute Gasteiger partial charge is 0.379 e. The number of benzene rings is 1. The number of amides is 2. The zero-order chi connectivity index (χ0) is 17.5. The fourth-order valence-electron chi connectivity index (χ4n) is 3.10. The lowest BCUT2D eigenvalue weighted by Gasteiger charge is -2.36. The highest BCUT2D eigenvalue weighted by atomic mass is 35.5. The van der Waals surface area contributed by atoms with Crippen LogP contribution in [0.15, 0.2) is 30.3 Å². The molecule has 0 unspecified atom stereocenters. The van der Waals surface area contributed by atoms with Gasteiger partial charge in [0, 0.05) is 45.0 Å². The summed E-state index contributed by atoms with van der Waals surface area (Å²) in [5.41, 5.74) is 0.940. The topological polar surface area (TPSA) is 65.1 Å². The van der Waals surface area contributed by atoms with Crippen molar-refractivity contribution in [1.82, 2.24) is 14.7 Å². The summed E-state index contributed by atoms with van der Waals surface area (Å²) in [6, 6.07) is 9.70. The van der Waals surface area contributed by atoms with Crippen LogP contribution in [-0.4, -0.2) is 92.1 Å². The minimum atomic E-state index is 0. The number of rotatable bonds is 5. The third-order valence-electron chi connectivity index (χ3n) is 4.67. The molecule has 0 aliphatic carbocycles. The average Bonchev–Trinajstić information content (AvgIpc) is 2.68. The van der Waals surface area contributed by atoms with Gasteiger partial charge in [0.05, 0.1) is 26.3 Å². The van der Waals surface area contributed by atoms with E-state index >= 15 is 0 Å². The smallest absolute Gasteiger partial charge is 0.241 e. The molecule has 1 N–H and O–H groups in total. The van der Waals surface area contributed by atoms with Crippen molar-refractivity contribution in [3.8, 4) is 0 Å². The van der Waals surface area contributed by atoms with Gasteiger partial charge in [-0.15, -0.1) is 24.8 Å². The Bertz CT molecular complexity index is 577. The van der Waals surface area contributed by atoms with Gasteiger partial charge in [0.25, 0.3) is 0 Å². The van der Waals surface area contributed by atoms with Crippen LogP contribution in [0.4, 0.5) is 5.69 Å². The van der Waals surface area contributed by atoms with E-state index in [-0.39, 0.29) is 43.2 Å². The molecular weight excluding hydrogens is 391 g/mol. The molecule has 0 saturated carbocycles. The Labute approximate surface area is 172 Å². The number of piperazine rings is 1. The molecule has 0 spiro atoms. The maximum Gasteiger partial charge on any atom is 0.241 e. The van der Waals surface area contributed by atoms with Crippen molar-refractivity contribution in [2.45, 2.75) is 0 Å². The first kappa shape index (κ1) is 23.5. The number of carbonyl (C=O) groups is 2. The minimum absolute atomic E-state index is 0. The lowest BCUT2D eigenvalue weighted by molar-refractivity contribution is -0.140. The van der Waals surface area contributed by atoms with Gasteiger partial charge in [0.1, 0.15) is 0 Å². The Hall–Kier alpha value is -1.54. The van der Waals surface area contributed by atoms with Gasteiger partial charge in [-0.3, -0.25) is 14.5 Å². The van der Waals surface area contributed by atoms with Crippen LogP contribution in [0.5, 0.6) is 0 Å². The molecule has 0 atom stereocenters. The number of anilines is 1. The lowest BCUT2D eigenvalue weighted by Crippen LogP contribution is -2.54. The summed E-state index contributed by atoms with van der Waals surface area (Å²) in [5.74, 6) is 0.223. The van der Waals surface area contributed by atoms with Crippen molar-refractivity contribution < 1.29 is 14.3 Å². The predicted octanol–water partition coefficient (Wildman–Crippen LogP) is 0.945. The molecule has 2 saturated heterocycles. The van der Waals surface area contributed by atoms with Crippen LogP contribution in [0.1, 0.15) is 0 Å². The molecule has 1 aromatic carbocycles. The third-order valence-corrected chi connectivity index (χ3v) is 4.67. The standard InChI is InChI=1S/C18H26N4O3.2ClH/c23-17(14-19-16-4-2-1-3-5-16)21-6-8-22(9-7-21)18(24)15-20-10-12-25-13-11-20;;/h1-5,19H,6-15H2;2*1H. The average molecular weight is 419 g/mol. The van der Waals surface area contributed by atoms with E-state index < -0.39 is 0 Å². The van der Waals surface area contributed by atoms with Gasteiger partial charge in [-0.1, -0.05) is 18.2 Å². The number of halogens is 2. The zero-order valence-electron chi connectivity index (χ0n) is 15.3. The highest BCUT2D eigenvalue weighted by molar-refractivity contribution is 5.85. The molecule has 2 aliphatic rings. The van der Waals surface area contributed by atoms with Gasteiger partial charge in [0.15, 0.2) is 0 Å². The molecular formula is C18H28Cl2N4O3. The molecule has 2 amide bonds. The molecule has 1 aromatic rings. The summed E-state index contributed by atoms with van der Waals surface area (Å²) in [4.78, 5) is 30.5. The third kappa shape index (κ3) is 7.18. The second kappa shape index (κ2) is 12.0. The SMILES string of the molecule is Cl.Cl.O=C(CNc1ccccc1)N1CCN(C(=O)CN2CCOCC2)CC1. The van der Waals surface area contributed by atoms with Crippen LogP contribution in [0.25, 0.3) is 0 Å². The number of ether oxygens (including phenoxy) is 1. The van der Waals surface area contributed by atoms with Gasteiger partial charge in [0.2, 0.25) is 11.8 Å². The molecule has 9 heteroatoms. The van der Waals surface area contributed by atoms with E-state index in [0.717, 1.165) is 18.8 Å². The van der Waals surface area contributed by atoms with Gasteiger partial charge in [-0.05, 0) is 12.1 Å². The van der Waals surface area contributed by atoms with Crippen LogP contribution >= 0.6 is 24.8 Å². The van der Waals surface area contributed by atoms with E-state index in [1.807, 2.05) is 40.1 Å². The summed E-state index contributed by atoms with van der Waals surface area (Å²) < 4.78 is 5.31. The van der Waals surface area contributed by atoms with Gasteiger partial charge in [-0.25, -0.2) is 0 Å². The van der Waals surface area contributed by atoms with Gasteiger partial charge < -0.3 is 19.9 Å². The van der Waals surface area contributed by atoms with E-state index in [4.69, 9.17) is 4.74 Å². The summed E-state index contributed by atoms with van der Waals surface area (Å²) in [7, 11) is 0. The maximum atomic E-state index is 12.4. The first-order chi connectivity index (χ1) is 12.2. The van der Waals surface area contributed by atoms with Crippen molar-refractivity contribution >= 4 is 42.3 Å². The number of carbonyl (C=O) groups excluding carboxylic acids is 2. The van der Waals surface area contributed by atoms with Crippen molar-refractivity contribution in [2.24, 2.45) is 0 Å². The van der Waals surface area contributed by atoms with Crippen molar-refractivity contribution in [3.63, 3.8) is 0 Å². The Kier molecular flexibility index (Phi) is 10.5. The summed E-state index contributed by atoms with van der Waals surface area (Å²) in [6.07, 6.45) is 0. The quantitative estimate of drug-likeness (QED) is 0.770. The second-order valence-corrected chi connectivity index (χ2v) is 6.37. The molecule has 2 aliphatic heterocycles. The van der Waals surface area contributed by atoms with E-state index in [2.05, 4.69) is 10.2 Å². The highest BCUT2D eigenvalue weighted by Crippen LogP contribution is 2.07. The summed E-state index contributed by atoms with van der Waals surface area (Å²) in [5, 5.41) is 3.14. The first-order valence-electron chi connectivity index (χ1n) is 8.87. The highest BCUT2D eigenvalue weighted by Gasteiger charge is 2.25. The van der Waals surface area contributed by atoms with E-state index in [9.17, 15) is 9.59 Å². The number of morpholine rings is 1. The summed E-state index contributed by atoms with van der Waals surface area (Å²) >= 11 is 0. The molecule has 0 aromatic heterocycles. The predicted molar refractivity (Wildman–Crippen MR) is 110 cm³/mol. The number of nitrogens with one attached hydrogen (secondary N) is 1. The summed E-state index contributed by atoms with van der Waals surface area (Å²) in [6.45, 7) is 6.19. The van der Waals surface area contributed by atoms with Crippen LogP contribution < -0.4 is 5.32 Å². The van der Waals surface area contributed by atoms with Gasteiger partial charge >= 0.3 is 0 Å². The molecule has 2 heterocycles. The molecule has 2 fully saturated rings. The number of para-hydroxylation sites is 1. The fraction of sp³-hybridized carbons (Fsp3) is 0.556. The Morgan fingerprint density at radius 3 is 2.00 bits per heavy atom. The van der Waals surface area contributed by atoms with Crippen molar-refractivity contribution in [3.05, 3.63) is 30.3 Å². The van der Waals surface area contributed by atoms with Gasteiger partial charge in [-0.2, -0.15) is 0 Å². The monoisotopic (exact) mass is 418 g/mol. The van der Waals surface area contributed by atoms with Crippen LogP contribution in [0, 0.1) is 0 Å². The molecule has 0 bridgehead atoms. The van der Waals surface area contributed by atoms with Crippen LogP contribution in [-0.2, 0) is 14.3 Å². The van der Waals surface area contributed by atoms with E-state index in [0.29, 0.717) is 45.9 Å². The first-order valence-corrected chi connectivity index (χ1v) is 8.87. The maximum absolute atomic E-state index is 12.4. The van der Waals surface area contributed by atoms with Crippen molar-refractivity contribution in [2.75, 3.05) is 70.9 Å². The molecule has 27 heavy (non-hydrogen) atoms. The van der Waals surface area contributed by atoms with E-state index in [1.54, 1.807) is 0 Å². The molecule has 152 valence electrons. The second-order valence-electron chi connectivity index (χ2n) is 6.37. The molecule has 7 nitrogen and oxygen atoms in total. The number of hydrogen-bond acceptors (Lipinski definition) is 5. The zero-order valence-corrected chi connectivity index (χ0v) is 17.0. The van der Waals surface area contributed by atoms with E-state index in [1.165, 1.54) is 0 Å². The number of nitrogens with zero attached hydrogens (tertiary/aromatic N) is 3. The Balaban J connectivity index is 0.00000182. The number of hydrogen-bond donors (Lipinski definition) is 1. The Morgan fingerprint density at radius 2 is 1.41 bits per heavy atom. The normalized spacial score (nSPS) is 17.5. The minimum Gasteiger partial charge on any atom is -0.379 e. The lowest BCUT2D eigenvalue weighted by atomic mass is 10.2. The van der Waals surface area contributed by atoms with Crippen LogP contribution in [0.2, 0.25) is 0 Å². The van der Waals surface area contributed by atoms with Crippen LogP contribution in [0.3, 0.4) is 0 Å². The Morgan fingerprint density at radius 1 is 0.852 bits per heavy atom. The fourth-order valence-corrected chi connectivity index (χ4v) is 3.10.